The van der Waals surface area contributed by atoms with Crippen LogP contribution in [0, 0.1) is 5.82 Å². The van der Waals surface area contributed by atoms with Crippen molar-refractivity contribution in [3.63, 3.8) is 0 Å². The lowest BCUT2D eigenvalue weighted by molar-refractivity contribution is -0.137. The third-order valence-electron chi connectivity index (χ3n) is 6.24. The van der Waals surface area contributed by atoms with Crippen molar-refractivity contribution in [3.05, 3.63) is 99.7 Å². The predicted octanol–water partition coefficient (Wildman–Crippen LogP) is 7.56. The van der Waals surface area contributed by atoms with Gasteiger partial charge < -0.3 is 9.88 Å². The highest BCUT2D eigenvalue weighted by molar-refractivity contribution is 6.31. The van der Waals surface area contributed by atoms with Gasteiger partial charge in [0, 0.05) is 24.7 Å². The molecule has 1 amide bonds. The summed E-state index contributed by atoms with van der Waals surface area (Å²) in [6, 6.07) is 13.1. The predicted molar refractivity (Wildman–Crippen MR) is 136 cm³/mol. The number of fused-ring (bicyclic) bond motifs is 1. The number of nitrogens with zero attached hydrogens (tertiary/aromatic N) is 2. The Labute approximate surface area is 217 Å². The number of hydrogen-bond acceptors (Lipinski definition) is 2. The molecule has 0 atom stereocenters. The number of aromatic amines is 1. The minimum atomic E-state index is -4.59. The van der Waals surface area contributed by atoms with Crippen molar-refractivity contribution in [2.24, 2.45) is 0 Å². The Hall–Kier alpha value is -3.39. The van der Waals surface area contributed by atoms with Crippen molar-refractivity contribution in [2.45, 2.75) is 45.3 Å². The Morgan fingerprint density at radius 1 is 1.03 bits per heavy atom. The fraction of sp³-hybridized carbons (Fsp3) is 0.286. The molecular formula is C28H26ClF4N3O. The van der Waals surface area contributed by atoms with Crippen molar-refractivity contribution >= 4 is 28.4 Å². The van der Waals surface area contributed by atoms with Crippen LogP contribution in [0.3, 0.4) is 0 Å². The molecule has 0 unspecified atom stereocenters. The second kappa shape index (κ2) is 10.2. The second-order valence-corrected chi connectivity index (χ2v) is 10.4. The van der Waals surface area contributed by atoms with Crippen LogP contribution in [0.25, 0.3) is 10.9 Å². The van der Waals surface area contributed by atoms with Gasteiger partial charge in [0.05, 0.1) is 22.3 Å². The van der Waals surface area contributed by atoms with Gasteiger partial charge >= 0.3 is 6.18 Å². The van der Waals surface area contributed by atoms with Gasteiger partial charge in [-0.3, -0.25) is 4.79 Å². The van der Waals surface area contributed by atoms with Crippen LogP contribution in [0.1, 0.15) is 53.5 Å². The molecule has 194 valence electrons. The summed E-state index contributed by atoms with van der Waals surface area (Å²) in [6.45, 7) is 6.60. The number of hydrogen-bond donors (Lipinski definition) is 1. The Balaban J connectivity index is 1.65. The minimum absolute atomic E-state index is 0.0415. The Bertz CT molecular complexity index is 1420. The Morgan fingerprint density at radius 2 is 1.70 bits per heavy atom. The van der Waals surface area contributed by atoms with E-state index in [-0.39, 0.29) is 46.5 Å². The summed E-state index contributed by atoms with van der Waals surface area (Å²) in [6.07, 6.45) is -1.92. The molecule has 9 heteroatoms. The topological polar surface area (TPSA) is 49.0 Å². The molecule has 0 aliphatic rings. The van der Waals surface area contributed by atoms with Gasteiger partial charge in [0.1, 0.15) is 0 Å². The smallest absolute Gasteiger partial charge is 0.359 e. The highest BCUT2D eigenvalue weighted by atomic mass is 35.5. The van der Waals surface area contributed by atoms with Crippen LogP contribution < -0.4 is 0 Å². The summed E-state index contributed by atoms with van der Waals surface area (Å²) >= 11 is 5.76. The molecule has 0 fully saturated rings. The molecule has 2 aromatic heterocycles. The number of nitrogens with one attached hydrogen (secondary N) is 1. The van der Waals surface area contributed by atoms with E-state index in [4.69, 9.17) is 11.6 Å². The number of pyridine rings is 1. The van der Waals surface area contributed by atoms with E-state index in [1.807, 2.05) is 24.3 Å². The largest absolute Gasteiger partial charge is 0.417 e. The van der Waals surface area contributed by atoms with E-state index in [1.54, 1.807) is 0 Å². The normalized spacial score (nSPS) is 12.2. The number of alkyl halides is 3. The first kappa shape index (κ1) is 26.7. The highest BCUT2D eigenvalue weighted by Crippen LogP contribution is 2.35. The molecule has 2 aromatic carbocycles. The molecule has 0 saturated carbocycles. The molecule has 1 N–H and O–H groups in total. The molecule has 0 aliphatic carbocycles. The average Bonchev–Trinajstić information content (AvgIpc) is 3.32. The van der Waals surface area contributed by atoms with E-state index in [9.17, 15) is 22.4 Å². The third kappa shape index (κ3) is 5.96. The molecule has 4 rings (SSSR count). The van der Waals surface area contributed by atoms with E-state index in [1.165, 1.54) is 29.3 Å². The van der Waals surface area contributed by atoms with Gasteiger partial charge in [-0.05, 0) is 46.7 Å². The number of amides is 1. The van der Waals surface area contributed by atoms with Crippen LogP contribution in [0.5, 0.6) is 0 Å². The van der Waals surface area contributed by atoms with E-state index in [0.29, 0.717) is 5.56 Å². The first-order chi connectivity index (χ1) is 17.3. The zero-order valence-corrected chi connectivity index (χ0v) is 21.3. The van der Waals surface area contributed by atoms with Crippen molar-refractivity contribution in [3.8, 4) is 0 Å². The maximum Gasteiger partial charge on any atom is 0.417 e. The fourth-order valence-electron chi connectivity index (χ4n) is 4.12. The maximum atomic E-state index is 14.2. The zero-order chi connectivity index (χ0) is 27.0. The van der Waals surface area contributed by atoms with E-state index < -0.39 is 23.5 Å². The van der Waals surface area contributed by atoms with Crippen LogP contribution in [0.4, 0.5) is 17.6 Å². The van der Waals surface area contributed by atoms with Crippen LogP contribution in [-0.4, -0.2) is 27.3 Å². The number of carbonyl (C=O) groups excluding carboxylic acids is 1. The second-order valence-electron chi connectivity index (χ2n) is 9.96. The SMILES string of the molecule is CC(C)(C)c1ccc(CN(CCc2ccc(Cl)c(C(F)(F)F)c2)C(=O)c2ncc(F)c3cc[nH]c23)cc1. The third-order valence-corrected chi connectivity index (χ3v) is 6.57. The molecule has 4 nitrogen and oxygen atoms in total. The van der Waals surface area contributed by atoms with Gasteiger partial charge in [0.2, 0.25) is 0 Å². The van der Waals surface area contributed by atoms with Crippen molar-refractivity contribution in [2.75, 3.05) is 6.54 Å². The Morgan fingerprint density at radius 3 is 2.35 bits per heavy atom. The first-order valence-electron chi connectivity index (χ1n) is 11.7. The van der Waals surface area contributed by atoms with E-state index in [0.717, 1.165) is 23.4 Å². The molecule has 0 saturated heterocycles. The van der Waals surface area contributed by atoms with Crippen LogP contribution in [0.15, 0.2) is 60.9 Å². The van der Waals surface area contributed by atoms with Gasteiger partial charge in [0.25, 0.3) is 5.91 Å². The first-order valence-corrected chi connectivity index (χ1v) is 12.1. The molecule has 37 heavy (non-hydrogen) atoms. The van der Waals surface area contributed by atoms with Gasteiger partial charge in [-0.1, -0.05) is 62.7 Å². The van der Waals surface area contributed by atoms with Crippen molar-refractivity contribution in [1.29, 1.82) is 0 Å². The summed E-state index contributed by atoms with van der Waals surface area (Å²) in [4.78, 5) is 22.0. The highest BCUT2D eigenvalue weighted by Gasteiger charge is 2.33. The summed E-state index contributed by atoms with van der Waals surface area (Å²) in [7, 11) is 0. The monoisotopic (exact) mass is 531 g/mol. The standard InChI is InChI=1S/C28H26ClF4N3O/c1-27(2,3)19-7-4-18(5-8-19)16-36(13-11-17-6-9-22(29)21(14-17)28(31,32)33)26(37)25-24-20(10-12-34-24)23(30)15-35-25/h4-10,12,14-15,34H,11,13,16H2,1-3H3. The summed E-state index contributed by atoms with van der Waals surface area (Å²) in [5, 5.41) is -0.145. The molecule has 0 aliphatic heterocycles. The lowest BCUT2D eigenvalue weighted by Crippen LogP contribution is -2.33. The average molecular weight is 532 g/mol. The molecular weight excluding hydrogens is 506 g/mol. The van der Waals surface area contributed by atoms with Gasteiger partial charge in [-0.15, -0.1) is 0 Å². The minimum Gasteiger partial charge on any atom is -0.359 e. The molecule has 2 heterocycles. The molecule has 4 aromatic rings. The fourth-order valence-corrected chi connectivity index (χ4v) is 4.35. The molecule has 0 radical (unpaired) electrons. The number of H-pyrrole nitrogens is 1. The number of halogens is 5. The van der Waals surface area contributed by atoms with E-state index in [2.05, 4.69) is 30.7 Å². The van der Waals surface area contributed by atoms with Crippen molar-refractivity contribution in [1.82, 2.24) is 14.9 Å². The quantitative estimate of drug-likeness (QED) is 0.261. The van der Waals surface area contributed by atoms with Crippen LogP contribution >= 0.6 is 11.6 Å². The van der Waals surface area contributed by atoms with E-state index >= 15 is 0 Å². The van der Waals surface area contributed by atoms with Crippen molar-refractivity contribution < 1.29 is 22.4 Å². The van der Waals surface area contributed by atoms with Crippen LogP contribution in [0.2, 0.25) is 5.02 Å². The summed E-state index contributed by atoms with van der Waals surface area (Å²) < 4.78 is 54.2. The Kier molecular flexibility index (Phi) is 7.33. The zero-order valence-electron chi connectivity index (χ0n) is 20.6. The number of benzene rings is 2. The maximum absolute atomic E-state index is 14.2. The summed E-state index contributed by atoms with van der Waals surface area (Å²) in [5.41, 5.74) is 1.70. The van der Waals surface area contributed by atoms with Gasteiger partial charge in [0.15, 0.2) is 11.5 Å². The lowest BCUT2D eigenvalue weighted by Gasteiger charge is -2.24. The van der Waals surface area contributed by atoms with Gasteiger partial charge in [-0.2, -0.15) is 13.2 Å². The summed E-state index contributed by atoms with van der Waals surface area (Å²) in [5.74, 6) is -1.02. The van der Waals surface area contributed by atoms with Crippen LogP contribution in [-0.2, 0) is 24.6 Å². The molecule has 0 spiro atoms. The lowest BCUT2D eigenvalue weighted by atomic mass is 9.87. The molecule has 0 bridgehead atoms. The van der Waals surface area contributed by atoms with Gasteiger partial charge in [-0.25, -0.2) is 9.37 Å². The number of aromatic nitrogens is 2. The number of carbonyl (C=O) groups is 1. The number of rotatable bonds is 6.